The smallest absolute Gasteiger partial charge is 0.292 e. The maximum Gasteiger partial charge on any atom is 0.292 e. The number of aryl methyl sites for hydroxylation is 1. The highest BCUT2D eigenvalue weighted by Crippen LogP contribution is 2.24. The van der Waals surface area contributed by atoms with Gasteiger partial charge in [0.15, 0.2) is 17.7 Å². The topological polar surface area (TPSA) is 118 Å². The second-order valence-electron chi connectivity index (χ2n) is 9.07. The molecule has 196 valence electrons. The van der Waals surface area contributed by atoms with Crippen molar-refractivity contribution >= 4 is 23.5 Å². The molecule has 5 rings (SSSR count). The van der Waals surface area contributed by atoms with Gasteiger partial charge in [-0.05, 0) is 50.6 Å². The van der Waals surface area contributed by atoms with E-state index in [4.69, 9.17) is 9.57 Å². The van der Waals surface area contributed by atoms with Crippen molar-refractivity contribution in [1.82, 2.24) is 24.8 Å². The molecule has 2 saturated heterocycles. The average Bonchev–Trinajstić information content (AvgIpc) is 3.25. The maximum atomic E-state index is 13.6. The van der Waals surface area contributed by atoms with E-state index in [9.17, 15) is 14.4 Å². The number of hydrogen-bond donors (Lipinski definition) is 0. The molecular weight excluding hydrogens is 488 g/mol. The predicted molar refractivity (Wildman–Crippen MR) is 137 cm³/mol. The molecule has 1 aromatic carbocycles. The fourth-order valence-electron chi connectivity index (χ4n) is 4.15. The van der Waals surface area contributed by atoms with Crippen LogP contribution < -0.4 is 14.6 Å². The first-order chi connectivity index (χ1) is 18.4. The molecule has 1 atom stereocenters. The zero-order valence-corrected chi connectivity index (χ0v) is 21.2. The normalized spacial score (nSPS) is 16.7. The van der Waals surface area contributed by atoms with Crippen LogP contribution in [0, 0.1) is 6.92 Å². The van der Waals surface area contributed by atoms with Crippen LogP contribution in [0.25, 0.3) is 0 Å². The van der Waals surface area contributed by atoms with Gasteiger partial charge in [-0.1, -0.05) is 6.07 Å². The molecule has 0 aliphatic carbocycles. The van der Waals surface area contributed by atoms with Gasteiger partial charge in [0.05, 0.1) is 24.3 Å². The first kappa shape index (κ1) is 25.1. The Morgan fingerprint density at radius 3 is 2.50 bits per heavy atom. The number of rotatable bonds is 8. The van der Waals surface area contributed by atoms with Crippen molar-refractivity contribution < 1.29 is 24.0 Å². The van der Waals surface area contributed by atoms with Crippen LogP contribution >= 0.6 is 0 Å². The van der Waals surface area contributed by atoms with E-state index >= 15 is 0 Å². The van der Waals surface area contributed by atoms with Gasteiger partial charge in [-0.25, -0.2) is 9.97 Å². The average molecular weight is 517 g/mol. The standard InChI is InChI=1S/C27H28N6O5/c1-3-31-13-10-23(27(31)36)37-20-7-4-6-19(14-20)25(34)33(24-17-28-18(2)15-30-24)38-21-8-9-22(29-16-21)26(35)32-11-5-12-32/h4,6-9,14-17,23H,3,5,10-13H2,1-2H3/t23-/m1/s1. The lowest BCUT2D eigenvalue weighted by Crippen LogP contribution is -2.42. The summed E-state index contributed by atoms with van der Waals surface area (Å²) in [5, 5.41) is 1.01. The Morgan fingerprint density at radius 1 is 1.03 bits per heavy atom. The second-order valence-corrected chi connectivity index (χ2v) is 9.07. The van der Waals surface area contributed by atoms with Crippen molar-refractivity contribution in [2.24, 2.45) is 0 Å². The lowest BCUT2D eigenvalue weighted by atomic mass is 10.2. The van der Waals surface area contributed by atoms with E-state index in [1.165, 1.54) is 18.6 Å². The predicted octanol–water partition coefficient (Wildman–Crippen LogP) is 2.67. The molecule has 3 aromatic rings. The lowest BCUT2D eigenvalue weighted by molar-refractivity contribution is -0.133. The number of hydroxylamine groups is 1. The van der Waals surface area contributed by atoms with Crippen LogP contribution in [0.3, 0.4) is 0 Å². The van der Waals surface area contributed by atoms with E-state index < -0.39 is 12.0 Å². The monoisotopic (exact) mass is 516 g/mol. The number of benzene rings is 1. The van der Waals surface area contributed by atoms with E-state index in [1.807, 2.05) is 6.92 Å². The number of anilines is 1. The Bertz CT molecular complexity index is 1330. The summed E-state index contributed by atoms with van der Waals surface area (Å²) in [6.07, 6.45) is 5.33. The molecule has 2 aliphatic rings. The summed E-state index contributed by atoms with van der Waals surface area (Å²) in [6.45, 7) is 6.43. The van der Waals surface area contributed by atoms with E-state index in [0.717, 1.165) is 24.6 Å². The third-order valence-corrected chi connectivity index (χ3v) is 6.44. The van der Waals surface area contributed by atoms with Crippen LogP contribution in [0.4, 0.5) is 5.82 Å². The number of pyridine rings is 1. The molecule has 11 nitrogen and oxygen atoms in total. The Labute approximate surface area is 220 Å². The van der Waals surface area contributed by atoms with Gasteiger partial charge >= 0.3 is 0 Å². The van der Waals surface area contributed by atoms with Gasteiger partial charge in [-0.3, -0.25) is 19.4 Å². The van der Waals surface area contributed by atoms with Crippen LogP contribution in [-0.2, 0) is 4.79 Å². The van der Waals surface area contributed by atoms with Crippen molar-refractivity contribution in [1.29, 1.82) is 0 Å². The molecular formula is C27H28N6O5. The number of ether oxygens (including phenoxy) is 1. The summed E-state index contributed by atoms with van der Waals surface area (Å²) in [4.78, 5) is 60.6. The minimum Gasteiger partial charge on any atom is -0.481 e. The number of carbonyl (C=O) groups excluding carboxylic acids is 3. The highest BCUT2D eigenvalue weighted by Gasteiger charge is 2.32. The van der Waals surface area contributed by atoms with E-state index in [1.54, 1.807) is 53.1 Å². The highest BCUT2D eigenvalue weighted by atomic mass is 16.7. The fraction of sp³-hybridized carbons (Fsp3) is 0.333. The van der Waals surface area contributed by atoms with Crippen molar-refractivity contribution in [2.45, 2.75) is 32.8 Å². The number of amides is 3. The van der Waals surface area contributed by atoms with Crippen LogP contribution in [-0.4, -0.2) is 74.8 Å². The molecule has 2 fully saturated rings. The molecule has 4 heterocycles. The molecule has 38 heavy (non-hydrogen) atoms. The number of hydrogen-bond acceptors (Lipinski definition) is 8. The summed E-state index contributed by atoms with van der Waals surface area (Å²) in [5.41, 5.74) is 1.24. The van der Waals surface area contributed by atoms with Gasteiger partial charge in [0, 0.05) is 38.2 Å². The third-order valence-electron chi connectivity index (χ3n) is 6.44. The molecule has 0 unspecified atom stereocenters. The Hall–Kier alpha value is -4.54. The second kappa shape index (κ2) is 10.8. The Kier molecular flexibility index (Phi) is 7.16. The van der Waals surface area contributed by atoms with Crippen molar-refractivity contribution in [3.05, 3.63) is 71.9 Å². The molecule has 0 spiro atoms. The molecule has 2 aromatic heterocycles. The Balaban J connectivity index is 1.36. The van der Waals surface area contributed by atoms with E-state index in [2.05, 4.69) is 15.0 Å². The minimum atomic E-state index is -0.584. The van der Waals surface area contributed by atoms with Crippen LogP contribution in [0.15, 0.2) is 55.0 Å². The van der Waals surface area contributed by atoms with Gasteiger partial charge in [-0.2, -0.15) is 0 Å². The molecule has 0 radical (unpaired) electrons. The molecule has 3 amide bonds. The number of nitrogens with zero attached hydrogens (tertiary/aromatic N) is 6. The summed E-state index contributed by atoms with van der Waals surface area (Å²) in [7, 11) is 0. The zero-order chi connectivity index (χ0) is 26.6. The number of aromatic nitrogens is 3. The summed E-state index contributed by atoms with van der Waals surface area (Å²) in [6, 6.07) is 9.70. The van der Waals surface area contributed by atoms with Crippen LogP contribution in [0.5, 0.6) is 11.5 Å². The maximum absolute atomic E-state index is 13.6. The van der Waals surface area contributed by atoms with Crippen LogP contribution in [0.2, 0.25) is 0 Å². The van der Waals surface area contributed by atoms with Gasteiger partial charge in [0.2, 0.25) is 0 Å². The quantitative estimate of drug-likeness (QED) is 0.420. The first-order valence-electron chi connectivity index (χ1n) is 12.5. The summed E-state index contributed by atoms with van der Waals surface area (Å²) < 4.78 is 5.92. The lowest BCUT2D eigenvalue weighted by Gasteiger charge is -2.30. The van der Waals surface area contributed by atoms with Gasteiger partial charge in [-0.15, -0.1) is 5.06 Å². The highest BCUT2D eigenvalue weighted by molar-refractivity contribution is 6.04. The number of likely N-dealkylation sites (N-methyl/N-ethyl adjacent to an activating group) is 1. The third kappa shape index (κ3) is 5.26. The summed E-state index contributed by atoms with van der Waals surface area (Å²) in [5.74, 6) is 0.0778. The largest absolute Gasteiger partial charge is 0.481 e. The molecule has 0 N–H and O–H groups in total. The SMILES string of the molecule is CCN1CC[C@@H](Oc2cccc(C(=O)N(Oc3ccc(C(=O)N4CCC4)nc3)c3cnc(C)cn3)c2)C1=O. The van der Waals surface area contributed by atoms with E-state index in [-0.39, 0.29) is 28.9 Å². The molecule has 0 saturated carbocycles. The van der Waals surface area contributed by atoms with Crippen LogP contribution in [0.1, 0.15) is 46.3 Å². The van der Waals surface area contributed by atoms with Gasteiger partial charge in [0.25, 0.3) is 17.7 Å². The van der Waals surface area contributed by atoms with Crippen molar-refractivity contribution in [3.63, 3.8) is 0 Å². The number of likely N-dealkylation sites (tertiary alicyclic amines) is 2. The molecule has 2 aliphatic heterocycles. The van der Waals surface area contributed by atoms with Crippen molar-refractivity contribution in [3.8, 4) is 11.5 Å². The van der Waals surface area contributed by atoms with Crippen molar-refractivity contribution in [2.75, 3.05) is 31.2 Å². The minimum absolute atomic E-state index is 0.0624. The van der Waals surface area contributed by atoms with Gasteiger partial charge in [0.1, 0.15) is 11.4 Å². The molecule has 0 bridgehead atoms. The van der Waals surface area contributed by atoms with Gasteiger partial charge < -0.3 is 19.4 Å². The Morgan fingerprint density at radius 2 is 1.87 bits per heavy atom. The number of carbonyl (C=O) groups is 3. The summed E-state index contributed by atoms with van der Waals surface area (Å²) >= 11 is 0. The van der Waals surface area contributed by atoms with E-state index in [0.29, 0.717) is 36.6 Å². The zero-order valence-electron chi connectivity index (χ0n) is 21.2. The first-order valence-corrected chi connectivity index (χ1v) is 12.5. The molecule has 11 heteroatoms. The fourth-order valence-corrected chi connectivity index (χ4v) is 4.15.